The molecule has 4 heteroatoms. The SMILES string of the molecule is C=C/C(=C1/CCOC1C)C1C[C@@H](O)C[C@@H](CO)O1. The molecule has 0 spiro atoms. The Bertz CT molecular complexity index is 337. The van der Waals surface area contributed by atoms with Gasteiger partial charge in [-0.15, -0.1) is 0 Å². The van der Waals surface area contributed by atoms with Gasteiger partial charge >= 0.3 is 0 Å². The minimum absolute atomic E-state index is 0.0562. The van der Waals surface area contributed by atoms with Crippen molar-refractivity contribution in [3.05, 3.63) is 23.8 Å². The highest BCUT2D eigenvalue weighted by molar-refractivity contribution is 5.32. The third-order valence-corrected chi connectivity index (χ3v) is 3.75. The molecule has 2 N–H and O–H groups in total. The summed E-state index contributed by atoms with van der Waals surface area (Å²) in [5.74, 6) is 0. The van der Waals surface area contributed by atoms with Crippen molar-refractivity contribution in [3.63, 3.8) is 0 Å². The molecule has 0 aromatic rings. The highest BCUT2D eigenvalue weighted by Gasteiger charge is 2.32. The maximum atomic E-state index is 9.85. The molecule has 0 aromatic heterocycles. The van der Waals surface area contributed by atoms with Gasteiger partial charge in [0.2, 0.25) is 0 Å². The molecule has 2 unspecified atom stereocenters. The second-order valence-electron chi connectivity index (χ2n) is 5.00. The van der Waals surface area contributed by atoms with Gasteiger partial charge in [-0.2, -0.15) is 0 Å². The fourth-order valence-corrected chi connectivity index (χ4v) is 2.81. The molecule has 2 heterocycles. The normalized spacial score (nSPS) is 39.7. The summed E-state index contributed by atoms with van der Waals surface area (Å²) in [5, 5.41) is 19.1. The van der Waals surface area contributed by atoms with E-state index in [1.807, 2.05) is 6.92 Å². The molecular weight excluding hydrogens is 232 g/mol. The molecule has 4 atom stereocenters. The molecule has 18 heavy (non-hydrogen) atoms. The van der Waals surface area contributed by atoms with Crippen LogP contribution in [0.15, 0.2) is 23.8 Å². The predicted octanol–water partition coefficient (Wildman–Crippen LogP) is 1.18. The van der Waals surface area contributed by atoms with E-state index in [1.165, 1.54) is 5.57 Å². The van der Waals surface area contributed by atoms with E-state index in [0.717, 1.165) is 18.6 Å². The second-order valence-corrected chi connectivity index (χ2v) is 5.00. The molecule has 2 aliphatic heterocycles. The fourth-order valence-electron chi connectivity index (χ4n) is 2.81. The summed E-state index contributed by atoms with van der Waals surface area (Å²) in [4.78, 5) is 0. The molecule has 2 saturated heterocycles. The first-order valence-corrected chi connectivity index (χ1v) is 6.57. The summed E-state index contributed by atoms with van der Waals surface area (Å²) in [6.45, 7) is 6.55. The lowest BCUT2D eigenvalue weighted by molar-refractivity contribution is -0.0968. The van der Waals surface area contributed by atoms with Crippen molar-refractivity contribution in [2.75, 3.05) is 13.2 Å². The second kappa shape index (κ2) is 5.97. The van der Waals surface area contributed by atoms with E-state index < -0.39 is 6.10 Å². The van der Waals surface area contributed by atoms with E-state index >= 15 is 0 Å². The summed E-state index contributed by atoms with van der Waals surface area (Å²) in [7, 11) is 0. The van der Waals surface area contributed by atoms with Crippen LogP contribution in [0.5, 0.6) is 0 Å². The van der Waals surface area contributed by atoms with E-state index in [0.29, 0.717) is 12.8 Å². The van der Waals surface area contributed by atoms with Crippen molar-refractivity contribution >= 4 is 0 Å². The van der Waals surface area contributed by atoms with Gasteiger partial charge in [-0.25, -0.2) is 0 Å². The summed E-state index contributed by atoms with van der Waals surface area (Å²) in [5.41, 5.74) is 2.23. The molecule has 0 aromatic carbocycles. The van der Waals surface area contributed by atoms with Crippen LogP contribution in [0.3, 0.4) is 0 Å². The van der Waals surface area contributed by atoms with Crippen molar-refractivity contribution in [3.8, 4) is 0 Å². The van der Waals surface area contributed by atoms with E-state index in [4.69, 9.17) is 9.47 Å². The monoisotopic (exact) mass is 254 g/mol. The maximum absolute atomic E-state index is 9.85. The van der Waals surface area contributed by atoms with Crippen molar-refractivity contribution in [1.82, 2.24) is 0 Å². The Labute approximate surface area is 108 Å². The Morgan fingerprint density at radius 1 is 1.50 bits per heavy atom. The van der Waals surface area contributed by atoms with Gasteiger partial charge in [0.15, 0.2) is 0 Å². The van der Waals surface area contributed by atoms with Gasteiger partial charge in [0, 0.05) is 12.8 Å². The van der Waals surface area contributed by atoms with Crippen LogP contribution in [0.25, 0.3) is 0 Å². The molecule has 2 aliphatic rings. The number of ether oxygens (including phenoxy) is 2. The Kier molecular flexibility index (Phi) is 4.56. The number of hydrogen-bond donors (Lipinski definition) is 2. The minimum Gasteiger partial charge on any atom is -0.394 e. The van der Waals surface area contributed by atoms with E-state index in [9.17, 15) is 10.2 Å². The van der Waals surface area contributed by atoms with E-state index in [-0.39, 0.29) is 24.9 Å². The Morgan fingerprint density at radius 2 is 2.28 bits per heavy atom. The van der Waals surface area contributed by atoms with Crippen LogP contribution in [0.1, 0.15) is 26.2 Å². The Balaban J connectivity index is 2.19. The highest BCUT2D eigenvalue weighted by Crippen LogP contribution is 2.31. The zero-order valence-corrected chi connectivity index (χ0v) is 10.8. The molecule has 2 fully saturated rings. The molecule has 0 radical (unpaired) electrons. The maximum Gasteiger partial charge on any atom is 0.0854 e. The predicted molar refractivity (Wildman–Crippen MR) is 68.2 cm³/mol. The van der Waals surface area contributed by atoms with Gasteiger partial charge in [-0.05, 0) is 24.5 Å². The number of rotatable bonds is 3. The van der Waals surface area contributed by atoms with Gasteiger partial charge < -0.3 is 19.7 Å². The van der Waals surface area contributed by atoms with E-state index in [1.54, 1.807) is 6.08 Å². The number of aliphatic hydroxyl groups excluding tert-OH is 2. The summed E-state index contributed by atoms with van der Waals surface area (Å²) >= 11 is 0. The first-order chi connectivity index (χ1) is 8.65. The molecular formula is C14H22O4. The van der Waals surface area contributed by atoms with Crippen LogP contribution in [0, 0.1) is 0 Å². The zero-order chi connectivity index (χ0) is 13.1. The zero-order valence-electron chi connectivity index (χ0n) is 10.8. The standard InChI is InChI=1S/C14H22O4/c1-3-12(13-4-5-17-9(13)2)14-7-10(16)6-11(8-15)18-14/h3,9-11,14-16H,1,4-8H2,2H3/b13-12+/t9?,10-,11-,14?/m0/s1. The molecule has 0 aliphatic carbocycles. The average Bonchev–Trinajstić information content (AvgIpc) is 2.76. The quantitative estimate of drug-likeness (QED) is 0.794. The smallest absolute Gasteiger partial charge is 0.0854 e. The molecule has 2 rings (SSSR count). The van der Waals surface area contributed by atoms with Crippen molar-refractivity contribution < 1.29 is 19.7 Å². The fraction of sp³-hybridized carbons (Fsp3) is 0.714. The van der Waals surface area contributed by atoms with Gasteiger partial charge in [0.05, 0.1) is 37.6 Å². The summed E-state index contributed by atoms with van der Waals surface area (Å²) < 4.78 is 11.4. The molecule has 4 nitrogen and oxygen atoms in total. The summed E-state index contributed by atoms with van der Waals surface area (Å²) in [6.07, 6.45) is 2.96. The Morgan fingerprint density at radius 3 is 2.83 bits per heavy atom. The molecule has 102 valence electrons. The molecule has 0 amide bonds. The first-order valence-electron chi connectivity index (χ1n) is 6.57. The highest BCUT2D eigenvalue weighted by atomic mass is 16.5. The van der Waals surface area contributed by atoms with Crippen molar-refractivity contribution in [2.45, 2.75) is 50.6 Å². The van der Waals surface area contributed by atoms with Crippen LogP contribution in [0.2, 0.25) is 0 Å². The van der Waals surface area contributed by atoms with E-state index in [2.05, 4.69) is 6.58 Å². The third kappa shape index (κ3) is 2.83. The van der Waals surface area contributed by atoms with Crippen LogP contribution in [-0.4, -0.2) is 47.8 Å². The largest absolute Gasteiger partial charge is 0.394 e. The van der Waals surface area contributed by atoms with Gasteiger partial charge in [-0.3, -0.25) is 0 Å². The van der Waals surface area contributed by atoms with Crippen LogP contribution in [0.4, 0.5) is 0 Å². The van der Waals surface area contributed by atoms with Crippen LogP contribution >= 0.6 is 0 Å². The molecule has 0 saturated carbocycles. The van der Waals surface area contributed by atoms with Gasteiger partial charge in [-0.1, -0.05) is 12.7 Å². The lowest BCUT2D eigenvalue weighted by Gasteiger charge is -2.34. The third-order valence-electron chi connectivity index (χ3n) is 3.75. The van der Waals surface area contributed by atoms with Crippen molar-refractivity contribution in [2.24, 2.45) is 0 Å². The number of aliphatic hydroxyl groups is 2. The van der Waals surface area contributed by atoms with Crippen LogP contribution in [-0.2, 0) is 9.47 Å². The van der Waals surface area contributed by atoms with Gasteiger partial charge in [0.1, 0.15) is 0 Å². The lowest BCUT2D eigenvalue weighted by atomic mass is 9.91. The Hall–Kier alpha value is -0.680. The van der Waals surface area contributed by atoms with Gasteiger partial charge in [0.25, 0.3) is 0 Å². The van der Waals surface area contributed by atoms with Crippen molar-refractivity contribution in [1.29, 1.82) is 0 Å². The van der Waals surface area contributed by atoms with Crippen LogP contribution < -0.4 is 0 Å². The average molecular weight is 254 g/mol. The molecule has 0 bridgehead atoms. The topological polar surface area (TPSA) is 58.9 Å². The lowest BCUT2D eigenvalue weighted by Crippen LogP contribution is -2.38. The number of hydrogen-bond acceptors (Lipinski definition) is 4. The minimum atomic E-state index is -0.422. The first kappa shape index (κ1) is 13.7. The summed E-state index contributed by atoms with van der Waals surface area (Å²) in [6, 6.07) is 0.